The number of hydrogen-bond donors (Lipinski definition) is 1. The van der Waals surface area contributed by atoms with E-state index >= 15 is 0 Å². The van der Waals surface area contributed by atoms with E-state index in [0.29, 0.717) is 27.9 Å². The molecule has 8 heteroatoms. The first-order valence-electron chi connectivity index (χ1n) is 9.73. The monoisotopic (exact) mass is 411 g/mol. The van der Waals surface area contributed by atoms with Gasteiger partial charge in [0.25, 0.3) is 0 Å². The number of carbonyl (C=O) groups is 1. The standard InChI is InChI=1S/C21H22N4O3S/c1-3-4-7-13-29-21-22-19(27)18-15-9-5-6-10-16(15)24(14(2)26)20(25(18)23-21)17-11-8-12-28-17/h5-6,8-12,20H,3-4,7,13H2,1-2H3/p+1/t20-/m0/s1. The lowest BCUT2D eigenvalue weighted by molar-refractivity contribution is -0.764. The van der Waals surface area contributed by atoms with Crippen molar-refractivity contribution < 1.29 is 13.9 Å². The lowest BCUT2D eigenvalue weighted by atomic mass is 10.0. The van der Waals surface area contributed by atoms with E-state index in [-0.39, 0.29) is 11.5 Å². The molecule has 1 aliphatic heterocycles. The number of H-pyrrole nitrogens is 1. The van der Waals surface area contributed by atoms with Gasteiger partial charge in [0.2, 0.25) is 11.1 Å². The van der Waals surface area contributed by atoms with Crippen LogP contribution in [-0.2, 0) is 4.79 Å². The van der Waals surface area contributed by atoms with Crippen molar-refractivity contribution in [2.45, 2.75) is 44.4 Å². The van der Waals surface area contributed by atoms with E-state index in [1.165, 1.54) is 18.7 Å². The van der Waals surface area contributed by atoms with Crippen molar-refractivity contribution in [3.05, 3.63) is 58.8 Å². The van der Waals surface area contributed by atoms with Crippen molar-refractivity contribution >= 4 is 23.4 Å². The summed E-state index contributed by atoms with van der Waals surface area (Å²) in [6.45, 7) is 3.66. The van der Waals surface area contributed by atoms with Gasteiger partial charge in [-0.3, -0.25) is 14.6 Å². The minimum atomic E-state index is -0.662. The van der Waals surface area contributed by atoms with Crippen LogP contribution in [-0.4, -0.2) is 21.7 Å². The third-order valence-electron chi connectivity index (χ3n) is 4.88. The largest absolute Gasteiger partial charge is 0.460 e. The fraction of sp³-hybridized carbons (Fsp3) is 0.333. The van der Waals surface area contributed by atoms with Crippen molar-refractivity contribution in [1.29, 1.82) is 0 Å². The first kappa shape index (κ1) is 19.4. The van der Waals surface area contributed by atoms with Gasteiger partial charge >= 0.3 is 17.4 Å². The molecule has 0 spiro atoms. The van der Waals surface area contributed by atoms with E-state index in [9.17, 15) is 9.59 Å². The average Bonchev–Trinajstić information content (AvgIpc) is 3.24. The van der Waals surface area contributed by atoms with Crippen LogP contribution in [0.2, 0.25) is 0 Å². The molecule has 1 N–H and O–H groups in total. The number of aromatic nitrogens is 3. The molecule has 2 aromatic heterocycles. The summed E-state index contributed by atoms with van der Waals surface area (Å²) >= 11 is 1.52. The lowest BCUT2D eigenvalue weighted by Crippen LogP contribution is -2.60. The molecule has 0 radical (unpaired) electrons. The zero-order valence-corrected chi connectivity index (χ0v) is 17.2. The molecule has 3 heterocycles. The van der Waals surface area contributed by atoms with Gasteiger partial charge in [-0.15, -0.1) is 0 Å². The molecule has 1 atom stereocenters. The number of anilines is 1. The number of unbranched alkanes of at least 4 members (excludes halogenated alkanes) is 2. The average molecular weight is 412 g/mol. The highest BCUT2D eigenvalue weighted by Gasteiger charge is 2.46. The molecule has 1 aliphatic rings. The minimum absolute atomic E-state index is 0.156. The molecule has 1 aromatic carbocycles. The number of thioether (sulfide) groups is 1. The fourth-order valence-corrected chi connectivity index (χ4v) is 4.45. The van der Waals surface area contributed by atoms with Crippen molar-refractivity contribution in [3.8, 4) is 11.3 Å². The minimum Gasteiger partial charge on any atom is -0.460 e. The number of aromatic amines is 1. The third kappa shape index (κ3) is 3.60. The Morgan fingerprint density at radius 3 is 2.83 bits per heavy atom. The summed E-state index contributed by atoms with van der Waals surface area (Å²) in [5.41, 5.74) is 1.52. The number of nitrogens with zero attached hydrogens (tertiary/aromatic N) is 3. The summed E-state index contributed by atoms with van der Waals surface area (Å²) < 4.78 is 7.26. The molecule has 0 saturated carbocycles. The third-order valence-corrected chi connectivity index (χ3v) is 5.83. The maximum absolute atomic E-state index is 13.1. The fourth-order valence-electron chi connectivity index (χ4n) is 3.59. The van der Waals surface area contributed by atoms with E-state index in [2.05, 4.69) is 11.9 Å². The van der Waals surface area contributed by atoms with Gasteiger partial charge in [0.1, 0.15) is 0 Å². The summed E-state index contributed by atoms with van der Waals surface area (Å²) in [5, 5.41) is 5.25. The predicted octanol–water partition coefficient (Wildman–Crippen LogP) is 3.51. The Labute approximate surface area is 172 Å². The number of furan rings is 1. The number of hydrogen-bond acceptors (Lipinski definition) is 5. The summed E-state index contributed by atoms with van der Waals surface area (Å²) in [7, 11) is 0. The van der Waals surface area contributed by atoms with Crippen molar-refractivity contribution in [1.82, 2.24) is 10.1 Å². The predicted molar refractivity (Wildman–Crippen MR) is 111 cm³/mol. The van der Waals surface area contributed by atoms with Gasteiger partial charge in [-0.25, -0.2) is 4.90 Å². The molecule has 0 unspecified atom stereocenters. The number of amides is 1. The highest BCUT2D eigenvalue weighted by atomic mass is 32.2. The number of benzene rings is 1. The maximum Gasteiger partial charge on any atom is 0.325 e. The van der Waals surface area contributed by atoms with Crippen molar-refractivity contribution in [3.63, 3.8) is 0 Å². The second-order valence-electron chi connectivity index (χ2n) is 6.90. The number of fused-ring (bicyclic) bond motifs is 3. The first-order chi connectivity index (χ1) is 14.1. The van der Waals surface area contributed by atoms with Gasteiger partial charge in [0.05, 0.1) is 17.5 Å². The number of carbonyl (C=O) groups excluding carboxylic acids is 1. The normalized spacial score (nSPS) is 15.1. The Balaban J connectivity index is 1.88. The van der Waals surface area contributed by atoms with Crippen LogP contribution in [0.15, 0.2) is 57.0 Å². The Morgan fingerprint density at radius 1 is 1.28 bits per heavy atom. The van der Waals surface area contributed by atoms with E-state index in [0.717, 1.165) is 25.0 Å². The second kappa shape index (κ2) is 8.24. The van der Waals surface area contributed by atoms with Crippen LogP contribution in [0, 0.1) is 0 Å². The van der Waals surface area contributed by atoms with Gasteiger partial charge < -0.3 is 4.42 Å². The van der Waals surface area contributed by atoms with Crippen LogP contribution in [0.25, 0.3) is 11.3 Å². The highest BCUT2D eigenvalue weighted by Crippen LogP contribution is 2.37. The van der Waals surface area contributed by atoms with Gasteiger partial charge in [0.15, 0.2) is 5.76 Å². The van der Waals surface area contributed by atoms with E-state index < -0.39 is 6.17 Å². The van der Waals surface area contributed by atoms with Crippen LogP contribution in [0.4, 0.5) is 5.69 Å². The summed E-state index contributed by atoms with van der Waals surface area (Å²) in [6, 6.07) is 10.9. The summed E-state index contributed by atoms with van der Waals surface area (Å²) in [6.07, 6.45) is 4.22. The Hall–Kier alpha value is -2.87. The molecule has 7 nitrogen and oxygen atoms in total. The molecule has 29 heavy (non-hydrogen) atoms. The zero-order valence-electron chi connectivity index (χ0n) is 16.4. The quantitative estimate of drug-likeness (QED) is 0.381. The smallest absolute Gasteiger partial charge is 0.325 e. The molecule has 150 valence electrons. The molecular formula is C21H23N4O3S+. The van der Waals surface area contributed by atoms with Crippen LogP contribution in [0.5, 0.6) is 0 Å². The molecule has 4 rings (SSSR count). The van der Waals surface area contributed by atoms with Crippen LogP contribution < -0.4 is 15.1 Å². The van der Waals surface area contributed by atoms with Crippen molar-refractivity contribution in [2.75, 3.05) is 10.7 Å². The van der Waals surface area contributed by atoms with E-state index in [1.807, 2.05) is 24.3 Å². The Bertz CT molecular complexity index is 1080. The summed E-state index contributed by atoms with van der Waals surface area (Å²) in [4.78, 5) is 30.2. The Morgan fingerprint density at radius 2 is 2.10 bits per heavy atom. The highest BCUT2D eigenvalue weighted by molar-refractivity contribution is 7.99. The lowest BCUT2D eigenvalue weighted by Gasteiger charge is -2.29. The molecule has 1 amide bonds. The molecule has 0 fully saturated rings. The van der Waals surface area contributed by atoms with E-state index in [1.54, 1.807) is 28.0 Å². The molecule has 3 aromatic rings. The zero-order chi connectivity index (χ0) is 20.4. The molecule has 0 saturated heterocycles. The van der Waals surface area contributed by atoms with Gasteiger partial charge in [-0.2, -0.15) is 0 Å². The molecule has 0 aliphatic carbocycles. The van der Waals surface area contributed by atoms with Crippen molar-refractivity contribution in [2.24, 2.45) is 0 Å². The number of nitrogens with one attached hydrogen (secondary N) is 1. The second-order valence-corrected chi connectivity index (χ2v) is 7.99. The van der Waals surface area contributed by atoms with Gasteiger partial charge in [-0.05, 0) is 35.4 Å². The topological polar surface area (TPSA) is 83.1 Å². The maximum atomic E-state index is 13.1. The molecule has 0 bridgehead atoms. The van der Waals surface area contributed by atoms with Gasteiger partial charge in [-0.1, -0.05) is 43.7 Å². The van der Waals surface area contributed by atoms with Gasteiger partial charge in [0, 0.05) is 17.8 Å². The molecular weight excluding hydrogens is 388 g/mol. The van der Waals surface area contributed by atoms with Crippen LogP contribution >= 0.6 is 11.8 Å². The summed E-state index contributed by atoms with van der Waals surface area (Å²) in [5.74, 6) is 1.26. The number of para-hydroxylation sites is 1. The number of rotatable bonds is 6. The van der Waals surface area contributed by atoms with Crippen LogP contribution in [0.1, 0.15) is 45.0 Å². The first-order valence-corrected chi connectivity index (χ1v) is 10.7. The van der Waals surface area contributed by atoms with E-state index in [4.69, 9.17) is 9.52 Å². The Kier molecular flexibility index (Phi) is 5.53. The van der Waals surface area contributed by atoms with Crippen LogP contribution in [0.3, 0.4) is 0 Å². The SMILES string of the molecule is CCCCCSc1n[n+]2c(c(=O)[nH]1)-c1ccccc1N(C(C)=O)[C@@H]2c1ccco1.